The second kappa shape index (κ2) is 7.56. The average Bonchev–Trinajstić information content (AvgIpc) is 2.56. The Bertz CT molecular complexity index is 661. The Hall–Kier alpha value is -2.40. The van der Waals surface area contributed by atoms with E-state index in [1.54, 1.807) is 30.3 Å². The van der Waals surface area contributed by atoms with Gasteiger partial charge >= 0.3 is 5.97 Å². The Morgan fingerprint density at radius 3 is 2.55 bits per heavy atom. The molecule has 1 atom stereocenters. The van der Waals surface area contributed by atoms with E-state index >= 15 is 0 Å². The van der Waals surface area contributed by atoms with Gasteiger partial charge < -0.3 is 10.1 Å². The Labute approximate surface area is 133 Å². The van der Waals surface area contributed by atoms with Crippen molar-refractivity contribution in [1.82, 2.24) is 10.3 Å². The summed E-state index contributed by atoms with van der Waals surface area (Å²) in [7, 11) is 1.28. The molecule has 0 unspecified atom stereocenters. The minimum Gasteiger partial charge on any atom is -0.467 e. The smallest absolute Gasteiger partial charge is 0.328 e. The fourth-order valence-electron chi connectivity index (χ4n) is 1.96. The zero-order valence-corrected chi connectivity index (χ0v) is 12.7. The van der Waals surface area contributed by atoms with Crippen molar-refractivity contribution in [1.29, 1.82) is 0 Å². The second-order valence-corrected chi connectivity index (χ2v) is 4.99. The number of aromatic nitrogens is 1. The summed E-state index contributed by atoms with van der Waals surface area (Å²) in [5.41, 5.74) is 1.18. The predicted molar refractivity (Wildman–Crippen MR) is 82.7 cm³/mol. The molecule has 1 N–H and O–H groups in total. The van der Waals surface area contributed by atoms with Gasteiger partial charge in [-0.15, -0.1) is 0 Å². The molecule has 2 aromatic rings. The highest BCUT2D eigenvalue weighted by Gasteiger charge is 2.23. The van der Waals surface area contributed by atoms with Crippen molar-refractivity contribution in [3.05, 3.63) is 64.9 Å². The van der Waals surface area contributed by atoms with Crippen molar-refractivity contribution in [2.24, 2.45) is 0 Å². The molecule has 0 saturated carbocycles. The molecule has 6 heteroatoms. The highest BCUT2D eigenvalue weighted by Crippen LogP contribution is 2.17. The molecule has 5 nitrogen and oxygen atoms in total. The summed E-state index contributed by atoms with van der Waals surface area (Å²) in [5.74, 6) is -0.896. The number of ether oxygens (including phenoxy) is 1. The Morgan fingerprint density at radius 1 is 1.23 bits per heavy atom. The van der Waals surface area contributed by atoms with E-state index in [-0.39, 0.29) is 12.3 Å². The van der Waals surface area contributed by atoms with Gasteiger partial charge in [0, 0.05) is 29.4 Å². The molecule has 114 valence electrons. The second-order valence-electron chi connectivity index (χ2n) is 4.58. The summed E-state index contributed by atoms with van der Waals surface area (Å²) in [6, 6.07) is 9.48. The Morgan fingerprint density at radius 2 is 1.91 bits per heavy atom. The summed E-state index contributed by atoms with van der Waals surface area (Å²) in [6.45, 7) is 0. The van der Waals surface area contributed by atoms with Crippen LogP contribution in [0, 0.1) is 0 Å². The fourth-order valence-corrected chi connectivity index (χ4v) is 2.18. The third-order valence-corrected chi connectivity index (χ3v) is 3.48. The average molecular weight is 319 g/mol. The van der Waals surface area contributed by atoms with Crippen LogP contribution in [0.15, 0.2) is 48.8 Å². The fraction of sp³-hybridized carbons (Fsp3) is 0.188. The van der Waals surface area contributed by atoms with Gasteiger partial charge in [0.05, 0.1) is 7.11 Å². The van der Waals surface area contributed by atoms with E-state index in [1.165, 1.54) is 19.5 Å². The van der Waals surface area contributed by atoms with E-state index in [2.05, 4.69) is 10.3 Å². The van der Waals surface area contributed by atoms with Crippen LogP contribution < -0.4 is 5.32 Å². The normalized spacial score (nSPS) is 11.5. The first-order chi connectivity index (χ1) is 10.6. The number of nitrogens with one attached hydrogen (secondary N) is 1. The topological polar surface area (TPSA) is 68.3 Å². The monoisotopic (exact) mass is 318 g/mol. The number of methoxy groups -OCH3 is 1. The number of rotatable bonds is 5. The maximum Gasteiger partial charge on any atom is 0.328 e. The molecule has 1 heterocycles. The lowest BCUT2D eigenvalue weighted by Crippen LogP contribution is -2.43. The van der Waals surface area contributed by atoms with Crippen LogP contribution in [0.3, 0.4) is 0 Å². The molecule has 1 aromatic carbocycles. The molecule has 1 amide bonds. The summed E-state index contributed by atoms with van der Waals surface area (Å²) >= 11 is 6.10. The van der Waals surface area contributed by atoms with Gasteiger partial charge in [-0.3, -0.25) is 9.78 Å². The van der Waals surface area contributed by atoms with E-state index in [9.17, 15) is 9.59 Å². The molecule has 0 aliphatic heterocycles. The molecule has 0 radical (unpaired) electrons. The summed E-state index contributed by atoms with van der Waals surface area (Å²) in [5, 5.41) is 3.20. The largest absolute Gasteiger partial charge is 0.467 e. The number of hydrogen-bond donors (Lipinski definition) is 1. The van der Waals surface area contributed by atoms with Crippen molar-refractivity contribution < 1.29 is 14.3 Å². The van der Waals surface area contributed by atoms with Crippen LogP contribution in [-0.2, 0) is 16.0 Å². The van der Waals surface area contributed by atoms with Crippen molar-refractivity contribution in [3.8, 4) is 0 Å². The molecular formula is C16H15ClN2O3. The zero-order valence-electron chi connectivity index (χ0n) is 12.0. The Kier molecular flexibility index (Phi) is 5.49. The predicted octanol–water partition coefficient (Wildman–Crippen LogP) is 2.25. The van der Waals surface area contributed by atoms with E-state index in [4.69, 9.17) is 16.3 Å². The number of carbonyl (C=O) groups is 2. The van der Waals surface area contributed by atoms with Gasteiger partial charge in [0.1, 0.15) is 6.04 Å². The van der Waals surface area contributed by atoms with Crippen molar-refractivity contribution >= 4 is 23.5 Å². The number of carbonyl (C=O) groups excluding carboxylic acids is 2. The van der Waals surface area contributed by atoms with Gasteiger partial charge in [-0.2, -0.15) is 0 Å². The van der Waals surface area contributed by atoms with Crippen molar-refractivity contribution in [3.63, 3.8) is 0 Å². The van der Waals surface area contributed by atoms with Crippen LogP contribution in [-0.4, -0.2) is 30.0 Å². The van der Waals surface area contributed by atoms with Crippen molar-refractivity contribution in [2.45, 2.75) is 12.5 Å². The number of benzene rings is 1. The van der Waals surface area contributed by atoms with Gasteiger partial charge in [0.2, 0.25) is 0 Å². The molecule has 0 saturated heterocycles. The maximum atomic E-state index is 12.2. The van der Waals surface area contributed by atoms with Crippen molar-refractivity contribution in [2.75, 3.05) is 7.11 Å². The lowest BCUT2D eigenvalue weighted by atomic mass is 10.1. The van der Waals surface area contributed by atoms with E-state index in [1.807, 2.05) is 6.07 Å². The van der Waals surface area contributed by atoms with E-state index in [0.717, 1.165) is 5.56 Å². The van der Waals surface area contributed by atoms with Crippen LogP contribution in [0.4, 0.5) is 0 Å². The zero-order chi connectivity index (χ0) is 15.9. The molecular weight excluding hydrogens is 304 g/mol. The number of pyridine rings is 1. The first-order valence-electron chi connectivity index (χ1n) is 6.64. The maximum absolute atomic E-state index is 12.2. The number of hydrogen-bond acceptors (Lipinski definition) is 4. The van der Waals surface area contributed by atoms with Gasteiger partial charge in [0.25, 0.3) is 5.91 Å². The molecule has 0 bridgehead atoms. The molecule has 0 aliphatic carbocycles. The quantitative estimate of drug-likeness (QED) is 0.859. The third-order valence-electron chi connectivity index (χ3n) is 3.12. The van der Waals surface area contributed by atoms with Gasteiger partial charge in [-0.25, -0.2) is 4.79 Å². The summed E-state index contributed by atoms with van der Waals surface area (Å²) in [6.07, 6.45) is 3.27. The van der Waals surface area contributed by atoms with E-state index in [0.29, 0.717) is 10.6 Å². The van der Waals surface area contributed by atoms with Gasteiger partial charge in [-0.05, 0) is 23.8 Å². The molecule has 2 rings (SSSR count). The lowest BCUT2D eigenvalue weighted by molar-refractivity contribution is -0.142. The van der Waals surface area contributed by atoms with Crippen LogP contribution in [0.2, 0.25) is 5.02 Å². The highest BCUT2D eigenvalue weighted by atomic mass is 35.5. The molecule has 0 fully saturated rings. The third kappa shape index (κ3) is 4.05. The summed E-state index contributed by atoms with van der Waals surface area (Å²) in [4.78, 5) is 27.9. The first kappa shape index (κ1) is 16.0. The summed E-state index contributed by atoms with van der Waals surface area (Å²) < 4.78 is 4.75. The number of esters is 1. The molecule has 1 aromatic heterocycles. The lowest BCUT2D eigenvalue weighted by Gasteiger charge is -2.17. The minimum atomic E-state index is -0.814. The highest BCUT2D eigenvalue weighted by molar-refractivity contribution is 6.31. The number of halogens is 1. The number of nitrogens with zero attached hydrogens (tertiary/aromatic N) is 1. The van der Waals surface area contributed by atoms with Crippen LogP contribution >= 0.6 is 11.6 Å². The van der Waals surface area contributed by atoms with Crippen LogP contribution in [0.1, 0.15) is 15.9 Å². The van der Waals surface area contributed by atoms with Crippen LogP contribution in [0.25, 0.3) is 0 Å². The first-order valence-corrected chi connectivity index (χ1v) is 7.01. The van der Waals surface area contributed by atoms with Crippen LogP contribution in [0.5, 0.6) is 0 Å². The van der Waals surface area contributed by atoms with Gasteiger partial charge in [-0.1, -0.05) is 29.8 Å². The SMILES string of the molecule is COC(=O)[C@H](Cc1ccccc1Cl)NC(=O)c1ccncc1. The van der Waals surface area contributed by atoms with Gasteiger partial charge in [0.15, 0.2) is 0 Å². The number of amides is 1. The van der Waals surface area contributed by atoms with E-state index < -0.39 is 12.0 Å². The molecule has 0 spiro atoms. The standard InChI is InChI=1S/C16H15ClN2O3/c1-22-16(21)14(10-12-4-2-3-5-13(12)17)19-15(20)11-6-8-18-9-7-11/h2-9,14H,10H2,1H3,(H,19,20)/t14-/m0/s1. The molecule has 0 aliphatic rings. The Balaban J connectivity index is 2.15. The molecule has 22 heavy (non-hydrogen) atoms. The minimum absolute atomic E-state index is 0.253.